The van der Waals surface area contributed by atoms with Crippen LogP contribution in [0.5, 0.6) is 0 Å². The Morgan fingerprint density at radius 1 is 1.20 bits per heavy atom. The molecule has 1 N–H and O–H groups in total. The van der Waals surface area contributed by atoms with Crippen LogP contribution in [0.3, 0.4) is 0 Å². The van der Waals surface area contributed by atoms with Crippen molar-refractivity contribution in [2.24, 2.45) is 17.8 Å². The zero-order valence-electron chi connectivity index (χ0n) is 17.3. The van der Waals surface area contributed by atoms with Crippen LogP contribution in [0, 0.1) is 30.5 Å². The third-order valence-corrected chi connectivity index (χ3v) is 6.78. The van der Waals surface area contributed by atoms with Gasteiger partial charge in [-0.2, -0.15) is 5.10 Å². The number of nitrogens with zero attached hydrogens (tertiary/aromatic N) is 3. The summed E-state index contributed by atoms with van der Waals surface area (Å²) in [7, 11) is 0. The number of ether oxygens (including phenoxy) is 1. The zero-order chi connectivity index (χ0) is 20.7. The molecule has 3 aliphatic rings. The number of halogens is 1. The molecular weight excluding hydrogens is 383 g/mol. The van der Waals surface area contributed by atoms with Crippen LogP contribution in [-0.2, 0) is 4.74 Å². The molecule has 2 aliphatic carbocycles. The number of rotatable bonds is 5. The Morgan fingerprint density at radius 2 is 1.93 bits per heavy atom. The topological polar surface area (TPSA) is 59.4 Å². The number of anilines is 1. The minimum absolute atomic E-state index is 0.113. The lowest BCUT2D eigenvalue weighted by atomic mass is 9.77. The fraction of sp³-hybridized carbons (Fsp3) is 0.565. The van der Waals surface area contributed by atoms with Crippen LogP contribution in [0.25, 0.3) is 0 Å². The largest absolute Gasteiger partial charge is 0.376 e. The van der Waals surface area contributed by atoms with E-state index in [1.165, 1.54) is 25.0 Å². The fourth-order valence-electron chi connectivity index (χ4n) is 4.91. The van der Waals surface area contributed by atoms with E-state index in [9.17, 15) is 9.18 Å². The summed E-state index contributed by atoms with van der Waals surface area (Å²) in [6.45, 7) is 4.38. The second-order valence-electron chi connectivity index (χ2n) is 9.21. The Kier molecular flexibility index (Phi) is 5.23. The van der Waals surface area contributed by atoms with E-state index in [4.69, 9.17) is 4.74 Å². The summed E-state index contributed by atoms with van der Waals surface area (Å²) in [5.74, 6) is 1.31. The molecule has 5 rings (SSSR count). The van der Waals surface area contributed by atoms with Gasteiger partial charge >= 0.3 is 6.03 Å². The van der Waals surface area contributed by atoms with E-state index in [1.54, 1.807) is 12.1 Å². The van der Waals surface area contributed by atoms with Crippen LogP contribution in [0.15, 0.2) is 36.7 Å². The molecule has 2 heterocycles. The summed E-state index contributed by atoms with van der Waals surface area (Å²) >= 11 is 0. The number of carbonyl (C=O) groups excluding carboxylic acids is 1. The Bertz CT molecular complexity index is 895. The maximum Gasteiger partial charge on any atom is 0.321 e. The van der Waals surface area contributed by atoms with Crippen LogP contribution >= 0.6 is 0 Å². The molecular formula is C23H29FN4O2. The Labute approximate surface area is 176 Å². The quantitative estimate of drug-likeness (QED) is 0.799. The molecule has 0 bridgehead atoms. The lowest BCUT2D eigenvalue weighted by molar-refractivity contribution is -0.0371. The van der Waals surface area contributed by atoms with E-state index in [-0.39, 0.29) is 24.0 Å². The van der Waals surface area contributed by atoms with Gasteiger partial charge in [0.25, 0.3) is 0 Å². The van der Waals surface area contributed by atoms with Gasteiger partial charge in [-0.3, -0.25) is 4.68 Å². The molecule has 6 nitrogen and oxygen atoms in total. The van der Waals surface area contributed by atoms with E-state index in [0.29, 0.717) is 17.5 Å². The summed E-state index contributed by atoms with van der Waals surface area (Å²) in [6.07, 6.45) is 8.64. The summed E-state index contributed by atoms with van der Waals surface area (Å²) in [4.78, 5) is 14.7. The molecule has 1 aromatic heterocycles. The number of aryl methyl sites for hydroxylation is 1. The Balaban J connectivity index is 1.26. The number of carbonyl (C=O) groups is 1. The number of likely N-dealkylation sites (tertiary alicyclic amines) is 1. The monoisotopic (exact) mass is 412 g/mol. The van der Waals surface area contributed by atoms with Crippen molar-refractivity contribution in [3.63, 3.8) is 0 Å². The van der Waals surface area contributed by atoms with Gasteiger partial charge in [0.05, 0.1) is 18.3 Å². The average Bonchev–Trinajstić information content (AvgIpc) is 3.31. The van der Waals surface area contributed by atoms with Crippen molar-refractivity contribution in [3.05, 3.63) is 48.0 Å². The molecule has 1 aliphatic heterocycles. The van der Waals surface area contributed by atoms with E-state index in [0.717, 1.165) is 44.0 Å². The number of fused-ring (bicyclic) bond motifs is 1. The van der Waals surface area contributed by atoms with Gasteiger partial charge in [0, 0.05) is 31.6 Å². The molecule has 0 radical (unpaired) electrons. The number of benzene rings is 1. The normalized spacial score (nSPS) is 28.4. The molecule has 3 fully saturated rings. The van der Waals surface area contributed by atoms with Gasteiger partial charge in [0.1, 0.15) is 5.82 Å². The lowest BCUT2D eigenvalue weighted by Gasteiger charge is -2.37. The molecule has 0 unspecified atom stereocenters. The number of nitrogens with one attached hydrogen (secondary N) is 1. The lowest BCUT2D eigenvalue weighted by Crippen LogP contribution is -2.38. The van der Waals surface area contributed by atoms with Crippen molar-refractivity contribution in [2.75, 3.05) is 25.0 Å². The van der Waals surface area contributed by atoms with Crippen LogP contribution in [0.2, 0.25) is 0 Å². The number of hydrogen-bond donors (Lipinski definition) is 1. The van der Waals surface area contributed by atoms with E-state index in [1.807, 2.05) is 11.1 Å². The highest BCUT2D eigenvalue weighted by Crippen LogP contribution is 2.43. The number of amides is 2. The van der Waals surface area contributed by atoms with Crippen molar-refractivity contribution in [3.8, 4) is 0 Å². The maximum absolute atomic E-state index is 13.1. The third kappa shape index (κ3) is 4.21. The van der Waals surface area contributed by atoms with Gasteiger partial charge in [-0.15, -0.1) is 0 Å². The second kappa shape index (κ2) is 8.02. The van der Waals surface area contributed by atoms with Gasteiger partial charge in [-0.25, -0.2) is 9.18 Å². The molecule has 0 spiro atoms. The highest BCUT2D eigenvalue weighted by molar-refractivity contribution is 5.89. The van der Waals surface area contributed by atoms with Crippen molar-refractivity contribution in [1.29, 1.82) is 0 Å². The summed E-state index contributed by atoms with van der Waals surface area (Å²) in [5.41, 5.74) is 1.77. The molecule has 4 atom stereocenters. The highest BCUT2D eigenvalue weighted by Gasteiger charge is 2.45. The molecule has 2 amide bonds. The first-order valence-electron chi connectivity index (χ1n) is 11.0. The fourth-order valence-corrected chi connectivity index (χ4v) is 4.91. The predicted octanol–water partition coefficient (Wildman–Crippen LogP) is 4.24. The first-order valence-corrected chi connectivity index (χ1v) is 11.0. The van der Waals surface area contributed by atoms with Crippen LogP contribution in [0.1, 0.15) is 37.3 Å². The number of aromatic nitrogens is 2. The first-order chi connectivity index (χ1) is 14.5. The van der Waals surface area contributed by atoms with Crippen LogP contribution in [-0.4, -0.2) is 46.5 Å². The smallest absolute Gasteiger partial charge is 0.321 e. The van der Waals surface area contributed by atoms with Gasteiger partial charge in [-0.1, -0.05) is 0 Å². The first kappa shape index (κ1) is 19.5. The summed E-state index contributed by atoms with van der Waals surface area (Å²) < 4.78 is 21.6. The highest BCUT2D eigenvalue weighted by atomic mass is 19.1. The standard InChI is InChI=1S/C23H29FN4O2/c1-15-10-25-28(11-15)21-8-17-12-27(23(29)26-20-6-4-19(24)5-7-20)13-18(17)9-22(21)30-14-16-2-3-16/h4-7,10-11,16-18,21-22H,2-3,8-9,12-14H2,1H3,(H,26,29)/t17-,18+,21-,22-/m0/s1. The van der Waals surface area contributed by atoms with Crippen LogP contribution in [0.4, 0.5) is 14.9 Å². The molecule has 2 aromatic rings. The Morgan fingerprint density at radius 3 is 2.60 bits per heavy atom. The van der Waals surface area contributed by atoms with Gasteiger partial charge in [0.2, 0.25) is 0 Å². The minimum Gasteiger partial charge on any atom is -0.376 e. The number of urea groups is 1. The third-order valence-electron chi connectivity index (χ3n) is 6.78. The van der Waals surface area contributed by atoms with E-state index < -0.39 is 0 Å². The summed E-state index contributed by atoms with van der Waals surface area (Å²) in [5, 5.41) is 7.47. The molecule has 7 heteroatoms. The summed E-state index contributed by atoms with van der Waals surface area (Å²) in [6, 6.07) is 6.01. The number of hydrogen-bond acceptors (Lipinski definition) is 3. The SMILES string of the molecule is Cc1cnn([C@H]2C[C@H]3CN(C(=O)Nc4ccc(F)cc4)C[C@H]3C[C@@H]2OCC2CC2)c1. The average molecular weight is 413 g/mol. The molecule has 30 heavy (non-hydrogen) atoms. The van der Waals surface area contributed by atoms with Gasteiger partial charge in [-0.05, 0) is 80.2 Å². The molecule has 160 valence electrons. The minimum atomic E-state index is -0.308. The van der Waals surface area contributed by atoms with E-state index >= 15 is 0 Å². The zero-order valence-corrected chi connectivity index (χ0v) is 17.3. The van der Waals surface area contributed by atoms with Gasteiger partial charge in [0.15, 0.2) is 0 Å². The van der Waals surface area contributed by atoms with E-state index in [2.05, 4.69) is 28.2 Å². The van der Waals surface area contributed by atoms with Crippen molar-refractivity contribution < 1.29 is 13.9 Å². The molecule has 2 saturated carbocycles. The van der Waals surface area contributed by atoms with Gasteiger partial charge < -0.3 is 15.0 Å². The van der Waals surface area contributed by atoms with Crippen molar-refractivity contribution >= 4 is 11.7 Å². The predicted molar refractivity (Wildman–Crippen MR) is 112 cm³/mol. The Hall–Kier alpha value is -2.41. The molecule has 1 saturated heterocycles. The second-order valence-corrected chi connectivity index (χ2v) is 9.21. The van der Waals surface area contributed by atoms with Crippen molar-refractivity contribution in [1.82, 2.24) is 14.7 Å². The molecule has 1 aromatic carbocycles. The maximum atomic E-state index is 13.1. The van der Waals surface area contributed by atoms with Crippen molar-refractivity contribution in [2.45, 2.75) is 44.8 Å². The van der Waals surface area contributed by atoms with Crippen LogP contribution < -0.4 is 5.32 Å².